The van der Waals surface area contributed by atoms with Gasteiger partial charge in [-0.1, -0.05) is 11.6 Å². The standard InChI is InChI=1S/C20H17ClFNO4/c21-12-2-4-17(15(22)10-12)27-13-5-7-20(8-6-13)14-9-11(18(24)25)1-3-16(14)23-19(20)26/h1-4,9-10,13H,5-8H2,(H,23,26)(H,24,25)/t13-,20-. The number of carboxylic acid groups (broad SMARTS) is 1. The summed E-state index contributed by atoms with van der Waals surface area (Å²) in [5, 5.41) is 12.4. The largest absolute Gasteiger partial charge is 0.487 e. The molecule has 2 aromatic rings. The number of hydrogen-bond acceptors (Lipinski definition) is 3. The van der Waals surface area contributed by atoms with Crippen LogP contribution in [0, 0.1) is 5.82 Å². The minimum absolute atomic E-state index is 0.115. The molecule has 0 atom stereocenters. The molecule has 1 saturated carbocycles. The second-order valence-electron chi connectivity index (χ2n) is 6.99. The van der Waals surface area contributed by atoms with Crippen molar-refractivity contribution in [3.05, 3.63) is 58.4 Å². The number of nitrogens with one attached hydrogen (secondary N) is 1. The van der Waals surface area contributed by atoms with Gasteiger partial charge in [0.05, 0.1) is 17.1 Å². The first-order valence-corrected chi connectivity index (χ1v) is 9.08. The summed E-state index contributed by atoms with van der Waals surface area (Å²) in [6.07, 6.45) is 1.92. The topological polar surface area (TPSA) is 75.6 Å². The number of anilines is 1. The fourth-order valence-corrected chi connectivity index (χ4v) is 4.15. The highest BCUT2D eigenvalue weighted by molar-refractivity contribution is 6.30. The Morgan fingerprint density at radius 1 is 1.22 bits per heavy atom. The van der Waals surface area contributed by atoms with Gasteiger partial charge >= 0.3 is 5.97 Å². The first-order valence-electron chi connectivity index (χ1n) is 8.70. The number of hydrogen-bond donors (Lipinski definition) is 2. The molecule has 0 bridgehead atoms. The molecule has 1 aliphatic heterocycles. The molecular weight excluding hydrogens is 373 g/mol. The van der Waals surface area contributed by atoms with Crippen LogP contribution in [0.5, 0.6) is 5.75 Å². The fraction of sp³-hybridized carbons (Fsp3) is 0.300. The predicted octanol–water partition coefficient (Wildman–Crippen LogP) is 4.39. The number of carbonyl (C=O) groups excluding carboxylic acids is 1. The van der Waals surface area contributed by atoms with Gasteiger partial charge in [-0.2, -0.15) is 0 Å². The summed E-state index contributed by atoms with van der Waals surface area (Å²) < 4.78 is 19.7. The SMILES string of the molecule is O=C(O)c1ccc2c(c1)[C@]1(CC[C@@H](Oc3ccc(Cl)cc3F)CC1)C(=O)N2. The van der Waals surface area contributed by atoms with Gasteiger partial charge in [-0.05, 0) is 67.6 Å². The van der Waals surface area contributed by atoms with E-state index in [-0.39, 0.29) is 23.3 Å². The third kappa shape index (κ3) is 3.04. The number of rotatable bonds is 3. The first kappa shape index (κ1) is 17.8. The molecule has 2 N–H and O–H groups in total. The smallest absolute Gasteiger partial charge is 0.335 e. The summed E-state index contributed by atoms with van der Waals surface area (Å²) in [6, 6.07) is 8.97. The van der Waals surface area contributed by atoms with Gasteiger partial charge in [0.25, 0.3) is 0 Å². The van der Waals surface area contributed by atoms with E-state index in [1.54, 1.807) is 18.2 Å². The second kappa shape index (κ2) is 6.53. The lowest BCUT2D eigenvalue weighted by molar-refractivity contribution is -0.122. The van der Waals surface area contributed by atoms with Crippen molar-refractivity contribution in [3.8, 4) is 5.75 Å². The maximum Gasteiger partial charge on any atom is 0.335 e. The number of fused-ring (bicyclic) bond motifs is 2. The maximum absolute atomic E-state index is 13.9. The van der Waals surface area contributed by atoms with Gasteiger partial charge in [0.1, 0.15) is 0 Å². The van der Waals surface area contributed by atoms with Crippen LogP contribution in [0.15, 0.2) is 36.4 Å². The lowest BCUT2D eigenvalue weighted by Crippen LogP contribution is -2.41. The summed E-state index contributed by atoms with van der Waals surface area (Å²) in [5.74, 6) is -1.51. The molecule has 0 aromatic heterocycles. The van der Waals surface area contributed by atoms with Crippen LogP contribution >= 0.6 is 11.6 Å². The van der Waals surface area contributed by atoms with Crippen molar-refractivity contribution in [2.45, 2.75) is 37.2 Å². The Labute approximate surface area is 160 Å². The Morgan fingerprint density at radius 3 is 2.63 bits per heavy atom. The van der Waals surface area contributed by atoms with Crippen LogP contribution in [-0.4, -0.2) is 23.1 Å². The average molecular weight is 390 g/mol. The molecule has 27 heavy (non-hydrogen) atoms. The Morgan fingerprint density at radius 2 is 1.96 bits per heavy atom. The number of ether oxygens (including phenoxy) is 1. The summed E-state index contributed by atoms with van der Waals surface area (Å²) in [5.41, 5.74) is 0.794. The number of aromatic carboxylic acids is 1. The van der Waals surface area contributed by atoms with E-state index in [0.29, 0.717) is 36.4 Å². The number of benzene rings is 2. The molecule has 1 aliphatic carbocycles. The van der Waals surface area contributed by atoms with Crippen LogP contribution < -0.4 is 10.1 Å². The van der Waals surface area contributed by atoms with Crippen molar-refractivity contribution >= 4 is 29.2 Å². The van der Waals surface area contributed by atoms with Crippen molar-refractivity contribution in [2.24, 2.45) is 0 Å². The molecule has 4 rings (SSSR count). The Hall–Kier alpha value is -2.60. The van der Waals surface area contributed by atoms with Gasteiger partial charge in [0, 0.05) is 10.7 Å². The number of halogens is 2. The third-order valence-electron chi connectivity index (χ3n) is 5.44. The van der Waals surface area contributed by atoms with Crippen molar-refractivity contribution in [1.82, 2.24) is 0 Å². The van der Waals surface area contributed by atoms with E-state index in [2.05, 4.69) is 5.32 Å². The molecule has 0 unspecified atom stereocenters. The molecular formula is C20H17ClFNO4. The number of amides is 1. The fourth-order valence-electron chi connectivity index (χ4n) is 4.00. The average Bonchev–Trinajstić information content (AvgIpc) is 2.90. The monoisotopic (exact) mass is 389 g/mol. The van der Waals surface area contributed by atoms with Gasteiger partial charge in [-0.25, -0.2) is 9.18 Å². The van der Waals surface area contributed by atoms with Crippen molar-refractivity contribution in [2.75, 3.05) is 5.32 Å². The quantitative estimate of drug-likeness (QED) is 0.816. The van der Waals surface area contributed by atoms with E-state index in [0.717, 1.165) is 5.56 Å². The van der Waals surface area contributed by atoms with Crippen LogP contribution in [0.3, 0.4) is 0 Å². The van der Waals surface area contributed by atoms with E-state index >= 15 is 0 Å². The summed E-state index contributed by atoms with van der Waals surface area (Å²) in [4.78, 5) is 24.0. The predicted molar refractivity (Wildman–Crippen MR) is 98.0 cm³/mol. The molecule has 1 spiro atoms. The van der Waals surface area contributed by atoms with Gasteiger partial charge in [0.2, 0.25) is 5.91 Å². The molecule has 2 aliphatic rings. The van der Waals surface area contributed by atoms with Crippen molar-refractivity contribution in [1.29, 1.82) is 0 Å². The molecule has 140 valence electrons. The molecule has 0 radical (unpaired) electrons. The van der Waals surface area contributed by atoms with E-state index in [4.69, 9.17) is 16.3 Å². The molecule has 1 amide bonds. The van der Waals surface area contributed by atoms with Crippen LogP contribution in [0.2, 0.25) is 5.02 Å². The van der Waals surface area contributed by atoms with Crippen LogP contribution in [0.1, 0.15) is 41.6 Å². The Bertz CT molecular complexity index is 938. The minimum Gasteiger partial charge on any atom is -0.487 e. The minimum atomic E-state index is -1.03. The van der Waals surface area contributed by atoms with Gasteiger partial charge < -0.3 is 15.2 Å². The van der Waals surface area contributed by atoms with Crippen molar-refractivity contribution < 1.29 is 23.8 Å². The number of carboxylic acids is 1. The van der Waals surface area contributed by atoms with E-state index in [1.165, 1.54) is 18.2 Å². The molecule has 1 heterocycles. The van der Waals surface area contributed by atoms with Crippen LogP contribution in [-0.2, 0) is 10.2 Å². The van der Waals surface area contributed by atoms with E-state index in [1.807, 2.05) is 0 Å². The maximum atomic E-state index is 13.9. The van der Waals surface area contributed by atoms with Gasteiger partial charge in [-0.15, -0.1) is 0 Å². The lowest BCUT2D eigenvalue weighted by atomic mass is 9.69. The summed E-state index contributed by atoms with van der Waals surface area (Å²) in [7, 11) is 0. The zero-order chi connectivity index (χ0) is 19.2. The first-order chi connectivity index (χ1) is 12.9. The zero-order valence-electron chi connectivity index (χ0n) is 14.3. The molecule has 7 heteroatoms. The summed E-state index contributed by atoms with van der Waals surface area (Å²) in [6.45, 7) is 0. The molecule has 0 saturated heterocycles. The highest BCUT2D eigenvalue weighted by Crippen LogP contribution is 2.48. The van der Waals surface area contributed by atoms with Crippen molar-refractivity contribution in [3.63, 3.8) is 0 Å². The van der Waals surface area contributed by atoms with Crippen LogP contribution in [0.4, 0.5) is 10.1 Å². The number of carbonyl (C=O) groups is 2. The Kier molecular flexibility index (Phi) is 4.30. The third-order valence-corrected chi connectivity index (χ3v) is 5.67. The normalized spacial score (nSPS) is 23.8. The van der Waals surface area contributed by atoms with Crippen LogP contribution in [0.25, 0.3) is 0 Å². The Balaban J connectivity index is 1.54. The van der Waals surface area contributed by atoms with Gasteiger partial charge in [-0.3, -0.25) is 4.79 Å². The molecule has 1 fully saturated rings. The summed E-state index contributed by atoms with van der Waals surface area (Å²) >= 11 is 5.76. The lowest BCUT2D eigenvalue weighted by Gasteiger charge is -2.35. The highest BCUT2D eigenvalue weighted by Gasteiger charge is 2.49. The zero-order valence-corrected chi connectivity index (χ0v) is 15.1. The molecule has 5 nitrogen and oxygen atoms in total. The van der Waals surface area contributed by atoms with Gasteiger partial charge in [0.15, 0.2) is 11.6 Å². The van der Waals surface area contributed by atoms with E-state index in [9.17, 15) is 19.1 Å². The van der Waals surface area contributed by atoms with E-state index < -0.39 is 17.2 Å². The molecule has 2 aromatic carbocycles. The highest BCUT2D eigenvalue weighted by atomic mass is 35.5. The second-order valence-corrected chi connectivity index (χ2v) is 7.43.